The van der Waals surface area contributed by atoms with Crippen molar-refractivity contribution in [2.24, 2.45) is 10.4 Å². The van der Waals surface area contributed by atoms with Crippen LogP contribution in [0, 0.1) is 28.1 Å². The summed E-state index contributed by atoms with van der Waals surface area (Å²) in [7, 11) is -4.07. The molecule has 0 fully saturated rings. The van der Waals surface area contributed by atoms with Crippen LogP contribution in [0.15, 0.2) is 58.4 Å². The summed E-state index contributed by atoms with van der Waals surface area (Å²) in [6.45, 7) is 7.79. The fourth-order valence-electron chi connectivity index (χ4n) is 2.42. The first-order valence-electron chi connectivity index (χ1n) is 9.23. The SMILES string of the molecule is CC(N=C(Nc1cccc(C#N)c1)C(C#N)S(=O)(=O)c1ccc(Cl)cc1)C(C)(C)C. The van der Waals surface area contributed by atoms with Crippen molar-refractivity contribution in [3.8, 4) is 12.1 Å². The Morgan fingerprint density at radius 3 is 2.30 bits per heavy atom. The Morgan fingerprint density at radius 1 is 1.13 bits per heavy atom. The Morgan fingerprint density at radius 2 is 1.77 bits per heavy atom. The molecule has 30 heavy (non-hydrogen) atoms. The number of nitrogens with one attached hydrogen (secondary N) is 1. The van der Waals surface area contributed by atoms with E-state index in [4.69, 9.17) is 16.9 Å². The van der Waals surface area contributed by atoms with Gasteiger partial charge in [-0.1, -0.05) is 38.4 Å². The maximum absolute atomic E-state index is 13.2. The molecule has 2 unspecified atom stereocenters. The topological polar surface area (TPSA) is 106 Å². The minimum atomic E-state index is -4.07. The molecule has 2 rings (SSSR count). The van der Waals surface area contributed by atoms with Gasteiger partial charge in [-0.2, -0.15) is 10.5 Å². The maximum atomic E-state index is 13.2. The second-order valence-electron chi connectivity index (χ2n) is 7.88. The quantitative estimate of drug-likeness (QED) is 0.527. The number of hydrogen-bond donors (Lipinski definition) is 1. The molecule has 0 aliphatic heterocycles. The molecule has 8 heteroatoms. The van der Waals surface area contributed by atoms with Gasteiger partial charge in [-0.3, -0.25) is 4.99 Å². The summed E-state index contributed by atoms with van der Waals surface area (Å²) in [5.74, 6) is 0.00460. The first kappa shape index (κ1) is 23.4. The number of hydrogen-bond acceptors (Lipinski definition) is 5. The van der Waals surface area contributed by atoms with Crippen LogP contribution < -0.4 is 5.32 Å². The van der Waals surface area contributed by atoms with Crippen LogP contribution in [-0.2, 0) is 9.84 Å². The Balaban J connectivity index is 2.58. The van der Waals surface area contributed by atoms with Crippen LogP contribution in [0.1, 0.15) is 33.3 Å². The second kappa shape index (κ2) is 9.30. The van der Waals surface area contributed by atoms with Crippen LogP contribution in [0.2, 0.25) is 5.02 Å². The normalized spacial score (nSPS) is 14.3. The number of amidine groups is 1. The van der Waals surface area contributed by atoms with E-state index in [0.29, 0.717) is 16.3 Å². The highest BCUT2D eigenvalue weighted by Gasteiger charge is 2.34. The zero-order valence-electron chi connectivity index (χ0n) is 17.2. The summed E-state index contributed by atoms with van der Waals surface area (Å²) in [6.07, 6.45) is 0. The summed E-state index contributed by atoms with van der Waals surface area (Å²) >= 11 is 5.87. The van der Waals surface area contributed by atoms with Gasteiger partial charge in [-0.15, -0.1) is 0 Å². The molecule has 156 valence electrons. The van der Waals surface area contributed by atoms with E-state index in [-0.39, 0.29) is 22.2 Å². The molecule has 0 saturated heterocycles. The van der Waals surface area contributed by atoms with Crippen molar-refractivity contribution in [1.29, 1.82) is 10.5 Å². The molecule has 0 aliphatic carbocycles. The third-order valence-corrected chi connectivity index (χ3v) is 6.80. The van der Waals surface area contributed by atoms with E-state index < -0.39 is 15.1 Å². The molecule has 0 amide bonds. The fraction of sp³-hybridized carbons (Fsp3) is 0.318. The predicted octanol–water partition coefficient (Wildman–Crippen LogP) is 4.82. The summed E-state index contributed by atoms with van der Waals surface area (Å²) in [6, 6.07) is 15.8. The summed E-state index contributed by atoms with van der Waals surface area (Å²) in [5, 5.41) is 20.7. The van der Waals surface area contributed by atoms with Gasteiger partial charge in [-0.25, -0.2) is 8.42 Å². The number of rotatable bonds is 5. The first-order valence-corrected chi connectivity index (χ1v) is 11.2. The van der Waals surface area contributed by atoms with E-state index in [1.807, 2.05) is 39.8 Å². The number of aliphatic imine (C=N–C) groups is 1. The molecule has 2 aromatic carbocycles. The van der Waals surface area contributed by atoms with Crippen molar-refractivity contribution >= 4 is 33.0 Å². The molecule has 1 N–H and O–H groups in total. The number of benzene rings is 2. The average molecular weight is 443 g/mol. The molecular formula is C22H23ClN4O2S. The zero-order chi connectivity index (χ0) is 22.5. The number of sulfone groups is 1. The van der Waals surface area contributed by atoms with Gasteiger partial charge in [0.05, 0.1) is 28.6 Å². The standard InChI is InChI=1S/C22H23ClN4O2S/c1-15(22(2,3)4)26-21(27-18-7-5-6-16(12-18)13-24)20(14-25)30(28,29)19-10-8-17(23)9-11-19/h5-12,15,20H,1-4H3,(H,26,27). The van der Waals surface area contributed by atoms with Gasteiger partial charge in [0.2, 0.25) is 15.1 Å². The highest BCUT2D eigenvalue weighted by molar-refractivity contribution is 7.93. The Kier molecular flexibility index (Phi) is 7.25. The van der Waals surface area contributed by atoms with Crippen molar-refractivity contribution in [2.75, 3.05) is 5.32 Å². The molecule has 6 nitrogen and oxygen atoms in total. The largest absolute Gasteiger partial charge is 0.342 e. The van der Waals surface area contributed by atoms with Crippen LogP contribution in [0.5, 0.6) is 0 Å². The van der Waals surface area contributed by atoms with Gasteiger partial charge in [-0.05, 0) is 54.8 Å². The predicted molar refractivity (Wildman–Crippen MR) is 119 cm³/mol. The lowest BCUT2D eigenvalue weighted by Gasteiger charge is -2.26. The van der Waals surface area contributed by atoms with Gasteiger partial charge >= 0.3 is 0 Å². The molecule has 0 aliphatic rings. The van der Waals surface area contributed by atoms with E-state index in [0.717, 1.165) is 0 Å². The lowest BCUT2D eigenvalue weighted by atomic mass is 9.88. The van der Waals surface area contributed by atoms with Gasteiger partial charge in [0.25, 0.3) is 0 Å². The highest BCUT2D eigenvalue weighted by atomic mass is 35.5. The van der Waals surface area contributed by atoms with Crippen LogP contribution in [0.4, 0.5) is 5.69 Å². The van der Waals surface area contributed by atoms with Gasteiger partial charge in [0.1, 0.15) is 5.84 Å². The summed E-state index contributed by atoms with van der Waals surface area (Å²) < 4.78 is 26.4. The minimum Gasteiger partial charge on any atom is -0.342 e. The van der Waals surface area contributed by atoms with Crippen LogP contribution in [-0.4, -0.2) is 25.5 Å². The maximum Gasteiger partial charge on any atom is 0.209 e. The van der Waals surface area contributed by atoms with Gasteiger partial charge in [0.15, 0.2) is 0 Å². The van der Waals surface area contributed by atoms with E-state index in [1.54, 1.807) is 24.3 Å². The third-order valence-electron chi connectivity index (χ3n) is 4.67. The van der Waals surface area contributed by atoms with E-state index in [9.17, 15) is 13.7 Å². The highest BCUT2D eigenvalue weighted by Crippen LogP contribution is 2.25. The zero-order valence-corrected chi connectivity index (χ0v) is 18.8. The summed E-state index contributed by atoms with van der Waals surface area (Å²) in [4.78, 5) is 4.55. The lowest BCUT2D eigenvalue weighted by molar-refractivity contribution is 0.341. The van der Waals surface area contributed by atoms with E-state index in [2.05, 4.69) is 10.3 Å². The number of halogens is 1. The Hall–Kier alpha value is -2.87. The lowest BCUT2D eigenvalue weighted by Crippen LogP contribution is -2.36. The van der Waals surface area contributed by atoms with Crippen molar-refractivity contribution in [3.63, 3.8) is 0 Å². The molecule has 2 aromatic rings. The monoisotopic (exact) mass is 442 g/mol. The van der Waals surface area contributed by atoms with Gasteiger partial charge in [0, 0.05) is 10.7 Å². The van der Waals surface area contributed by atoms with Crippen LogP contribution in [0.25, 0.3) is 0 Å². The van der Waals surface area contributed by atoms with E-state index >= 15 is 0 Å². The van der Waals surface area contributed by atoms with Crippen molar-refractivity contribution in [1.82, 2.24) is 0 Å². The first-order chi connectivity index (χ1) is 14.0. The fourth-order valence-corrected chi connectivity index (χ4v) is 3.89. The van der Waals surface area contributed by atoms with E-state index in [1.165, 1.54) is 24.3 Å². The number of anilines is 1. The van der Waals surface area contributed by atoms with Crippen molar-refractivity contribution < 1.29 is 8.42 Å². The Labute approximate surface area is 182 Å². The second-order valence-corrected chi connectivity index (χ2v) is 10.4. The number of nitrogens with zero attached hydrogens (tertiary/aromatic N) is 3. The van der Waals surface area contributed by atoms with Crippen LogP contribution >= 0.6 is 11.6 Å². The number of nitriles is 2. The Bertz CT molecular complexity index is 1120. The molecule has 0 saturated carbocycles. The third kappa shape index (κ3) is 5.60. The molecule has 0 radical (unpaired) electrons. The van der Waals surface area contributed by atoms with Crippen molar-refractivity contribution in [2.45, 2.75) is 43.9 Å². The molecule has 0 heterocycles. The molecule has 0 spiro atoms. The minimum absolute atomic E-state index is 0.00460. The summed E-state index contributed by atoms with van der Waals surface area (Å²) in [5.41, 5.74) is 0.614. The smallest absolute Gasteiger partial charge is 0.209 e. The van der Waals surface area contributed by atoms with Crippen molar-refractivity contribution in [3.05, 3.63) is 59.1 Å². The molecule has 0 aromatic heterocycles. The molecule has 2 atom stereocenters. The average Bonchev–Trinajstić information content (AvgIpc) is 2.68. The molecule has 0 bridgehead atoms. The molecular weight excluding hydrogens is 420 g/mol. The van der Waals surface area contributed by atoms with Gasteiger partial charge < -0.3 is 5.32 Å². The van der Waals surface area contributed by atoms with Crippen LogP contribution in [0.3, 0.4) is 0 Å².